The number of carbonyl (C=O) groups excluding carboxylic acids is 6. The Morgan fingerprint density at radius 2 is 0.460 bits per heavy atom. The van der Waals surface area contributed by atoms with Crippen molar-refractivity contribution in [3.63, 3.8) is 0 Å². The molecule has 0 unspecified atom stereocenters. The quantitative estimate of drug-likeness (QED) is 0.00901. The number of hydrogen-bond donors (Lipinski definition) is 0. The molecule has 6 aliphatic rings. The van der Waals surface area contributed by atoms with Crippen LogP contribution in [0.4, 0.5) is 0 Å². The van der Waals surface area contributed by atoms with Gasteiger partial charge in [0.05, 0.1) is 71.7 Å². The molecule has 20 heteroatoms. The summed E-state index contributed by atoms with van der Waals surface area (Å²) < 4.78 is 49.4. The van der Waals surface area contributed by atoms with Crippen molar-refractivity contribution in [3.05, 3.63) is 449 Å². The Labute approximate surface area is 897 Å². The number of ether oxygens (including phenoxy) is 9. The van der Waals surface area contributed by atoms with E-state index in [-0.39, 0.29) is 95.2 Å². The lowest BCUT2D eigenvalue weighted by atomic mass is 9.49. The molecule has 15 aromatic carbocycles. The highest BCUT2D eigenvalue weighted by molar-refractivity contribution is 7.98. The summed E-state index contributed by atoms with van der Waals surface area (Å²) >= 11 is 0. The van der Waals surface area contributed by atoms with Crippen molar-refractivity contribution in [1.29, 1.82) is 0 Å². The summed E-state index contributed by atoms with van der Waals surface area (Å²) in [4.78, 5) is 90.7. The van der Waals surface area contributed by atoms with E-state index in [1.807, 2.05) is 146 Å². The molecule has 764 valence electrons. The zero-order valence-electron chi connectivity index (χ0n) is 84.9. The van der Waals surface area contributed by atoms with Gasteiger partial charge in [0.2, 0.25) is 0 Å². The maximum atomic E-state index is 13.0. The molecule has 4 bridgehead atoms. The predicted octanol–water partition coefficient (Wildman–Crippen LogP) is 29.2. The van der Waals surface area contributed by atoms with Gasteiger partial charge in [-0.15, -0.1) is 0 Å². The minimum absolute atomic E-state index is 0.0327. The lowest BCUT2D eigenvalue weighted by Crippen LogP contribution is -2.50. The van der Waals surface area contributed by atoms with Crippen LogP contribution in [0.15, 0.2) is 522 Å². The van der Waals surface area contributed by atoms with E-state index in [2.05, 4.69) is 280 Å². The normalized spacial score (nSPS) is 15.7. The monoisotopic (exact) mass is 2090 g/mol. The van der Waals surface area contributed by atoms with Crippen LogP contribution in [0.5, 0.6) is 28.7 Å². The molecule has 0 aromatic heterocycles. The molecule has 0 N–H and O–H groups in total. The molecule has 6 aliphatic carbocycles. The van der Waals surface area contributed by atoms with E-state index in [1.54, 1.807) is 19.1 Å². The van der Waals surface area contributed by atoms with Gasteiger partial charge in [-0.1, -0.05) is 227 Å². The molecule has 0 saturated heterocycles. The SMILES string of the molecule is C=C(C)C(=O)OCC(=O)Oc1ccc([S+](c2ccccc2)c2ccccc2)cc1.C=C(C)C(=O)Oc1ccc([S+](c2ccccc2)c2ccccc2)cc1.O=C(OCCOc1ccc([S+](c2ccccc2)c2ccccc2)cc1)C12CC3CC(CC(C3)C1)C2.O=C(OCCOc1ccc([S+](c2ccccc2)c2ccccc2)cc1)C1CCCC1.O=C(OCCOc1ccc([S+](c2ccccc2)c2ccccc2)cc1)C1CCCCC1. The molecule has 0 atom stereocenters. The maximum Gasteiger partial charge on any atom is 0.349 e. The van der Waals surface area contributed by atoms with Gasteiger partial charge in [0.25, 0.3) is 0 Å². The molecule has 0 heterocycles. The minimum atomic E-state index is -0.641. The number of esters is 6. The van der Waals surface area contributed by atoms with Crippen LogP contribution in [0.2, 0.25) is 0 Å². The van der Waals surface area contributed by atoms with Crippen molar-refractivity contribution in [3.8, 4) is 28.7 Å². The standard InChI is InChI=1S/C31H33O3S.C27H29O3S.C26H27O3S.C24H21O4S.C22H19O2S/c32-30(31-20-23-17-24(21-31)19-25(18-23)22-31)34-16-15-33-26-11-13-29(14-12-26)35(27-7-3-1-4-8-27)28-9-5-2-6-10-28;28-27(22-10-4-1-5-11-22)30-21-20-29-23-16-18-26(19-17-23)31(24-12-6-2-7-13-24)25-14-8-3-9-15-25;27-26(21-9-7-8-10-21)29-20-19-28-22-15-17-25(18-16-22)30(23-11-3-1-4-12-23)24-13-5-2-6-14-24;1-18(2)24(26)27-17-23(25)28-19-13-15-22(16-14-19)29(20-9-5-3-6-10-20)21-11-7-4-8-12-21;1-17(2)22(23)24-18-13-15-21(16-14-18)25(19-9-5-3-6-10-19)20-11-7-4-8-12-20/h1-14,23-25H,15-22H2;2-3,6-9,12-19,22H,1,4-5,10-11,20-21H2;1-6,11-18,21H,7-10,19-20H2;3-16H,1,17H2,2H3;3-16H,1H2,2H3/q5*+1. The number of rotatable bonds is 36. The van der Waals surface area contributed by atoms with Gasteiger partial charge >= 0.3 is 35.8 Å². The first-order chi connectivity index (χ1) is 73.5. The van der Waals surface area contributed by atoms with Crippen molar-refractivity contribution < 1.29 is 71.4 Å². The van der Waals surface area contributed by atoms with Gasteiger partial charge in [0.15, 0.2) is 80.0 Å². The molecule has 150 heavy (non-hydrogen) atoms. The summed E-state index contributed by atoms with van der Waals surface area (Å²) in [5.41, 5.74) is 0.426. The largest absolute Gasteiger partial charge is 0.490 e. The first-order valence-corrected chi connectivity index (χ1v) is 57.6. The van der Waals surface area contributed by atoms with Crippen LogP contribution in [0.25, 0.3) is 0 Å². The molecule has 15 nitrogen and oxygen atoms in total. The molecule has 15 aromatic rings. The lowest BCUT2D eigenvalue weighted by Gasteiger charge is -2.55. The van der Waals surface area contributed by atoms with E-state index in [9.17, 15) is 28.8 Å². The van der Waals surface area contributed by atoms with Crippen LogP contribution in [-0.2, 0) is 102 Å². The van der Waals surface area contributed by atoms with Crippen molar-refractivity contribution in [2.24, 2.45) is 35.0 Å². The van der Waals surface area contributed by atoms with Gasteiger partial charge in [-0.2, -0.15) is 0 Å². The average molecular weight is 2090 g/mol. The fourth-order valence-electron chi connectivity index (χ4n) is 19.7. The lowest BCUT2D eigenvalue weighted by molar-refractivity contribution is -0.172. The second kappa shape index (κ2) is 56.4. The summed E-state index contributed by atoms with van der Waals surface area (Å²) in [5.74, 6) is 3.99. The van der Waals surface area contributed by atoms with Crippen molar-refractivity contribution in [2.45, 2.75) is 184 Å². The number of carbonyl (C=O) groups is 6. The molecule has 6 saturated carbocycles. The van der Waals surface area contributed by atoms with Gasteiger partial charge in [0.1, 0.15) is 68.4 Å². The van der Waals surface area contributed by atoms with E-state index >= 15 is 0 Å². The second-order valence-corrected chi connectivity index (χ2v) is 47.7. The van der Waals surface area contributed by atoms with Gasteiger partial charge in [-0.25, -0.2) is 14.4 Å². The highest BCUT2D eigenvalue weighted by Gasteiger charge is 2.56. The van der Waals surface area contributed by atoms with E-state index in [0.717, 1.165) is 111 Å². The van der Waals surface area contributed by atoms with Crippen LogP contribution >= 0.6 is 0 Å². The Morgan fingerprint density at radius 3 is 0.700 bits per heavy atom. The van der Waals surface area contributed by atoms with Gasteiger partial charge in [-0.3, -0.25) is 14.4 Å². The summed E-state index contributed by atoms with van der Waals surface area (Å²) in [5, 5.41) is 0. The summed E-state index contributed by atoms with van der Waals surface area (Å²) in [6.45, 7) is 11.8. The topological polar surface area (TPSA) is 185 Å². The smallest absolute Gasteiger partial charge is 0.349 e. The third-order valence-electron chi connectivity index (χ3n) is 26.4. The third-order valence-corrected chi connectivity index (χ3v) is 37.6. The van der Waals surface area contributed by atoms with E-state index < -0.39 is 24.5 Å². The van der Waals surface area contributed by atoms with E-state index in [4.69, 9.17) is 42.6 Å². The molecule has 0 spiro atoms. The van der Waals surface area contributed by atoms with Gasteiger partial charge < -0.3 is 42.6 Å². The Bertz CT molecular complexity index is 6510. The van der Waals surface area contributed by atoms with Crippen molar-refractivity contribution in [1.82, 2.24) is 0 Å². The van der Waals surface area contributed by atoms with Crippen molar-refractivity contribution in [2.75, 3.05) is 46.2 Å². The Morgan fingerprint density at radius 1 is 0.247 bits per heavy atom. The Kier molecular flexibility index (Phi) is 40.8. The fraction of sp³-hybridized carbons (Fsp3) is 0.231. The molecular weight excluding hydrogens is 1960 g/mol. The number of hydrogen-bond acceptors (Lipinski definition) is 15. The molecule has 0 aliphatic heterocycles. The van der Waals surface area contributed by atoms with Crippen LogP contribution in [0.3, 0.4) is 0 Å². The molecule has 6 fully saturated rings. The van der Waals surface area contributed by atoms with Gasteiger partial charge in [-0.05, 0) is 338 Å². The van der Waals surface area contributed by atoms with E-state index in [0.29, 0.717) is 56.7 Å². The molecule has 21 rings (SSSR count). The Balaban J connectivity index is 0.000000134. The summed E-state index contributed by atoms with van der Waals surface area (Å²) in [7, 11) is -0.967. The van der Waals surface area contributed by atoms with Crippen LogP contribution in [-0.4, -0.2) is 82.1 Å². The van der Waals surface area contributed by atoms with Crippen LogP contribution in [0, 0.1) is 35.0 Å². The highest BCUT2D eigenvalue weighted by atomic mass is 32.2. The first kappa shape index (κ1) is 108. The fourth-order valence-corrected chi connectivity index (χ4v) is 30.1. The molecule has 0 radical (unpaired) electrons. The summed E-state index contributed by atoms with van der Waals surface area (Å²) in [6, 6.07) is 145. The van der Waals surface area contributed by atoms with Crippen LogP contribution in [0.1, 0.15) is 110 Å². The molecular formula is C130H129O15S5+5. The molecule has 0 amide bonds. The minimum Gasteiger partial charge on any atom is -0.490 e. The average Bonchev–Trinajstić information content (AvgIpc) is 0.740. The maximum absolute atomic E-state index is 13.0. The van der Waals surface area contributed by atoms with Crippen molar-refractivity contribution >= 4 is 90.3 Å². The predicted molar refractivity (Wildman–Crippen MR) is 598 cm³/mol. The number of benzene rings is 15. The zero-order valence-corrected chi connectivity index (χ0v) is 89.0. The van der Waals surface area contributed by atoms with Crippen LogP contribution < -0.4 is 23.7 Å². The Hall–Kier alpha value is -14.3. The van der Waals surface area contributed by atoms with Gasteiger partial charge in [0, 0.05) is 11.1 Å². The summed E-state index contributed by atoms with van der Waals surface area (Å²) in [6.07, 6.45) is 16.8. The highest BCUT2D eigenvalue weighted by Crippen LogP contribution is 2.60. The van der Waals surface area contributed by atoms with E-state index in [1.165, 1.54) is 101 Å². The second-order valence-electron chi connectivity index (χ2n) is 37.5. The first-order valence-electron chi connectivity index (χ1n) is 51.5. The third kappa shape index (κ3) is 31.5. The zero-order chi connectivity index (χ0) is 104.